The molecular formula is C30H27F4N5O3. The average molecular weight is 582 g/mol. The monoisotopic (exact) mass is 581 g/mol. The molecule has 6 rings (SSSR count). The molecule has 2 aromatic heterocycles. The van der Waals surface area contributed by atoms with Crippen LogP contribution in [0.1, 0.15) is 46.6 Å². The van der Waals surface area contributed by atoms with Gasteiger partial charge in [-0.3, -0.25) is 9.59 Å². The molecule has 1 aliphatic heterocycles. The van der Waals surface area contributed by atoms with Gasteiger partial charge in [0, 0.05) is 38.0 Å². The smallest absolute Gasteiger partial charge is 0.433 e. The summed E-state index contributed by atoms with van der Waals surface area (Å²) >= 11 is 0. The lowest BCUT2D eigenvalue weighted by molar-refractivity contribution is -0.141. The first kappa shape index (κ1) is 27.7. The maximum absolute atomic E-state index is 14.9. The number of aromatic amines is 1. The molecule has 4 aromatic rings. The molecule has 12 heteroatoms. The van der Waals surface area contributed by atoms with Crippen molar-refractivity contribution in [1.82, 2.24) is 20.1 Å². The van der Waals surface area contributed by atoms with Gasteiger partial charge < -0.3 is 14.5 Å². The van der Waals surface area contributed by atoms with Crippen LogP contribution in [-0.2, 0) is 12.6 Å². The van der Waals surface area contributed by atoms with Gasteiger partial charge in [0.1, 0.15) is 17.3 Å². The molecule has 0 atom stereocenters. The summed E-state index contributed by atoms with van der Waals surface area (Å²) in [6.45, 7) is 1.25. The highest BCUT2D eigenvalue weighted by molar-refractivity contribution is 5.95. The molecule has 1 saturated carbocycles. The number of benzene rings is 2. The summed E-state index contributed by atoms with van der Waals surface area (Å²) in [5, 5.41) is 7.84. The number of aromatic nitrogens is 3. The van der Waals surface area contributed by atoms with Gasteiger partial charge >= 0.3 is 6.18 Å². The van der Waals surface area contributed by atoms with Gasteiger partial charge in [-0.05, 0) is 67.3 Å². The maximum Gasteiger partial charge on any atom is 0.433 e. The van der Waals surface area contributed by atoms with Gasteiger partial charge in [-0.1, -0.05) is 6.07 Å². The second-order valence-electron chi connectivity index (χ2n) is 10.5. The second-order valence-corrected chi connectivity index (χ2v) is 10.5. The number of alkyl halides is 3. The Balaban J connectivity index is 1.17. The average Bonchev–Trinajstić information content (AvgIpc) is 2.97. The number of nitrogens with one attached hydrogen (secondary N) is 1. The molecule has 42 heavy (non-hydrogen) atoms. The molecule has 3 heterocycles. The molecule has 8 nitrogen and oxygen atoms in total. The highest BCUT2D eigenvalue weighted by atomic mass is 19.4. The van der Waals surface area contributed by atoms with Gasteiger partial charge in [0.2, 0.25) is 0 Å². The topological polar surface area (TPSA) is 91.4 Å². The minimum atomic E-state index is -4.52. The van der Waals surface area contributed by atoms with Crippen LogP contribution in [0.4, 0.5) is 23.2 Å². The Bertz CT molecular complexity index is 1680. The van der Waals surface area contributed by atoms with Crippen molar-refractivity contribution in [3.63, 3.8) is 0 Å². The fraction of sp³-hybridized carbons (Fsp3) is 0.333. The summed E-state index contributed by atoms with van der Waals surface area (Å²) in [4.78, 5) is 32.6. The van der Waals surface area contributed by atoms with Crippen molar-refractivity contribution in [3.8, 4) is 5.75 Å². The first-order valence-electron chi connectivity index (χ1n) is 13.7. The Hall–Kier alpha value is -4.48. The Labute approximate surface area is 237 Å². The number of pyridine rings is 1. The van der Waals surface area contributed by atoms with E-state index in [2.05, 4.69) is 15.2 Å². The maximum atomic E-state index is 14.9. The minimum absolute atomic E-state index is 0.0834. The molecule has 1 amide bonds. The zero-order chi connectivity index (χ0) is 29.4. The van der Waals surface area contributed by atoms with E-state index in [0.717, 1.165) is 25.3 Å². The van der Waals surface area contributed by atoms with Crippen molar-refractivity contribution in [3.05, 3.63) is 93.4 Å². The lowest BCUT2D eigenvalue weighted by Crippen LogP contribution is -2.49. The van der Waals surface area contributed by atoms with E-state index in [1.807, 2.05) is 4.90 Å². The van der Waals surface area contributed by atoms with Crippen LogP contribution in [0.25, 0.3) is 10.8 Å². The standard InChI is InChI=1S/C30H27F4N5O3/c31-25-8-4-18(15-26-23-16-21(42-20-2-1-3-20)6-7-22(23)28(40)37-36-26)14-24(25)29(41)39-12-10-38(11-13-39)19-5-9-27(35-17-19)30(32,33)34/h4-9,14,16-17,20H,1-3,10-13,15H2,(H,37,40). The number of halogens is 4. The molecule has 2 fully saturated rings. The number of ether oxygens (including phenoxy) is 1. The number of hydrogen-bond acceptors (Lipinski definition) is 6. The molecule has 1 N–H and O–H groups in total. The number of nitrogens with zero attached hydrogens (tertiary/aromatic N) is 4. The van der Waals surface area contributed by atoms with E-state index in [0.29, 0.717) is 46.6 Å². The highest BCUT2D eigenvalue weighted by Crippen LogP contribution is 2.30. The summed E-state index contributed by atoms with van der Waals surface area (Å²) in [5.74, 6) is -0.481. The summed E-state index contributed by atoms with van der Waals surface area (Å²) in [5.41, 5.74) is 0.339. The third-order valence-electron chi connectivity index (χ3n) is 7.80. The van der Waals surface area contributed by atoms with Crippen LogP contribution < -0.4 is 15.2 Å². The SMILES string of the molecule is O=C(c1cc(Cc2n[nH]c(=O)c3ccc(OC4CCC4)cc23)ccc1F)N1CCN(c2ccc(C(F)(F)F)nc2)CC1. The van der Waals surface area contributed by atoms with Crippen molar-refractivity contribution < 1.29 is 27.1 Å². The molecule has 0 unspecified atom stereocenters. The Morgan fingerprint density at radius 1 is 1.00 bits per heavy atom. The first-order chi connectivity index (χ1) is 20.2. The lowest BCUT2D eigenvalue weighted by atomic mass is 9.96. The molecular weight excluding hydrogens is 554 g/mol. The van der Waals surface area contributed by atoms with Crippen LogP contribution in [0.15, 0.2) is 59.5 Å². The van der Waals surface area contributed by atoms with E-state index < -0.39 is 23.6 Å². The third-order valence-corrected chi connectivity index (χ3v) is 7.80. The van der Waals surface area contributed by atoms with Gasteiger partial charge in [0.05, 0.1) is 34.6 Å². The second kappa shape index (κ2) is 11.1. The fourth-order valence-electron chi connectivity index (χ4n) is 5.21. The van der Waals surface area contributed by atoms with Crippen LogP contribution in [0.2, 0.25) is 0 Å². The summed E-state index contributed by atoms with van der Waals surface area (Å²) in [6.07, 6.45) is 0.174. The number of hydrogen-bond donors (Lipinski definition) is 1. The molecule has 2 aliphatic rings. The number of piperazine rings is 1. The van der Waals surface area contributed by atoms with E-state index in [9.17, 15) is 27.2 Å². The van der Waals surface area contributed by atoms with Crippen LogP contribution in [-0.4, -0.2) is 58.3 Å². The molecule has 0 radical (unpaired) electrons. The van der Waals surface area contributed by atoms with Gasteiger partial charge in [0.25, 0.3) is 11.5 Å². The molecule has 0 bridgehead atoms. The predicted molar refractivity (Wildman–Crippen MR) is 147 cm³/mol. The normalized spacial score (nSPS) is 16.0. The zero-order valence-electron chi connectivity index (χ0n) is 22.5. The summed E-state index contributed by atoms with van der Waals surface area (Å²) < 4.78 is 59.4. The molecule has 0 spiro atoms. The zero-order valence-corrected chi connectivity index (χ0v) is 22.5. The van der Waals surface area contributed by atoms with Gasteiger partial charge in [-0.2, -0.15) is 18.3 Å². The fourth-order valence-corrected chi connectivity index (χ4v) is 5.21. The number of carbonyl (C=O) groups is 1. The Morgan fingerprint density at radius 3 is 2.45 bits per heavy atom. The Kier molecular flexibility index (Phi) is 7.29. The van der Waals surface area contributed by atoms with E-state index in [1.54, 1.807) is 24.3 Å². The van der Waals surface area contributed by atoms with Gasteiger partial charge in [-0.25, -0.2) is 14.5 Å². The van der Waals surface area contributed by atoms with Crippen molar-refractivity contribution in [1.29, 1.82) is 0 Å². The molecule has 1 saturated heterocycles. The number of H-pyrrole nitrogens is 1. The largest absolute Gasteiger partial charge is 0.490 e. The predicted octanol–water partition coefficient (Wildman–Crippen LogP) is 4.96. The van der Waals surface area contributed by atoms with Crippen molar-refractivity contribution in [2.75, 3.05) is 31.1 Å². The molecule has 218 valence electrons. The molecule has 2 aromatic carbocycles. The van der Waals surface area contributed by atoms with Crippen LogP contribution in [0.3, 0.4) is 0 Å². The first-order valence-corrected chi connectivity index (χ1v) is 13.7. The lowest BCUT2D eigenvalue weighted by Gasteiger charge is -2.36. The minimum Gasteiger partial charge on any atom is -0.490 e. The highest BCUT2D eigenvalue weighted by Gasteiger charge is 2.32. The van der Waals surface area contributed by atoms with Crippen molar-refractivity contribution in [2.24, 2.45) is 0 Å². The van der Waals surface area contributed by atoms with E-state index >= 15 is 0 Å². The van der Waals surface area contributed by atoms with E-state index in [-0.39, 0.29) is 36.7 Å². The van der Waals surface area contributed by atoms with E-state index in [1.165, 1.54) is 29.3 Å². The van der Waals surface area contributed by atoms with E-state index in [4.69, 9.17) is 4.74 Å². The van der Waals surface area contributed by atoms with Crippen LogP contribution in [0, 0.1) is 5.82 Å². The number of rotatable bonds is 6. The third kappa shape index (κ3) is 5.65. The van der Waals surface area contributed by atoms with Gasteiger partial charge in [0.15, 0.2) is 0 Å². The van der Waals surface area contributed by atoms with Crippen molar-refractivity contribution >= 4 is 22.4 Å². The van der Waals surface area contributed by atoms with Gasteiger partial charge in [-0.15, -0.1) is 0 Å². The number of carbonyl (C=O) groups excluding carboxylic acids is 1. The summed E-state index contributed by atoms with van der Waals surface area (Å²) in [7, 11) is 0. The number of fused-ring (bicyclic) bond motifs is 1. The Morgan fingerprint density at radius 2 is 1.79 bits per heavy atom. The summed E-state index contributed by atoms with van der Waals surface area (Å²) in [6, 6.07) is 11.9. The molecule has 1 aliphatic carbocycles. The van der Waals surface area contributed by atoms with Crippen LogP contribution >= 0.6 is 0 Å². The van der Waals surface area contributed by atoms with Crippen LogP contribution in [0.5, 0.6) is 5.75 Å². The van der Waals surface area contributed by atoms with Crippen molar-refractivity contribution in [2.45, 2.75) is 38.0 Å². The number of amides is 1. The number of anilines is 1. The quantitative estimate of drug-likeness (QED) is 0.324.